The number of carbonyl (C=O) groups is 2. The van der Waals surface area contributed by atoms with Crippen LogP contribution in [-0.4, -0.2) is 58.3 Å². The van der Waals surface area contributed by atoms with E-state index in [9.17, 15) is 14.0 Å². The molecule has 38 heavy (non-hydrogen) atoms. The first-order chi connectivity index (χ1) is 18.4. The van der Waals surface area contributed by atoms with Gasteiger partial charge < -0.3 is 15.0 Å². The van der Waals surface area contributed by atoms with E-state index in [1.54, 1.807) is 59.9 Å². The molecule has 2 aromatic heterocycles. The molecule has 3 heterocycles. The van der Waals surface area contributed by atoms with Crippen molar-refractivity contribution in [3.63, 3.8) is 0 Å². The van der Waals surface area contributed by atoms with Crippen molar-refractivity contribution >= 4 is 35.5 Å². The van der Waals surface area contributed by atoms with Gasteiger partial charge in [-0.3, -0.25) is 20.0 Å². The van der Waals surface area contributed by atoms with Gasteiger partial charge in [0.05, 0.1) is 11.9 Å². The maximum atomic E-state index is 13.5. The molecule has 1 aliphatic rings. The largest absolute Gasteiger partial charge is 0.456 e. The molecule has 4 rings (SSSR count). The highest BCUT2D eigenvalue weighted by Crippen LogP contribution is 2.24. The van der Waals surface area contributed by atoms with E-state index >= 15 is 0 Å². The number of pyridine rings is 2. The number of ether oxygens (including phenoxy) is 1. The summed E-state index contributed by atoms with van der Waals surface area (Å²) >= 11 is 0. The van der Waals surface area contributed by atoms with Crippen LogP contribution in [0, 0.1) is 5.82 Å². The summed E-state index contributed by atoms with van der Waals surface area (Å²) in [4.78, 5) is 39.6. The van der Waals surface area contributed by atoms with E-state index in [2.05, 4.69) is 25.6 Å². The Balaban J connectivity index is 1.41. The van der Waals surface area contributed by atoms with E-state index < -0.39 is 5.82 Å². The van der Waals surface area contributed by atoms with Gasteiger partial charge in [0.25, 0.3) is 0 Å². The van der Waals surface area contributed by atoms with Crippen LogP contribution < -0.4 is 15.4 Å². The summed E-state index contributed by atoms with van der Waals surface area (Å²) < 4.78 is 19.4. The first-order valence-corrected chi connectivity index (χ1v) is 12.0. The molecule has 196 valence electrons. The predicted octanol–water partition coefficient (Wildman–Crippen LogP) is 4.95. The first-order valence-electron chi connectivity index (χ1n) is 12.0. The average molecular weight is 518 g/mol. The van der Waals surface area contributed by atoms with Gasteiger partial charge in [0.2, 0.25) is 12.4 Å². The van der Waals surface area contributed by atoms with Crippen LogP contribution >= 0.6 is 0 Å². The number of nitrogens with one attached hydrogen (secondary N) is 2. The van der Waals surface area contributed by atoms with Crippen molar-refractivity contribution in [1.29, 1.82) is 0 Å². The van der Waals surface area contributed by atoms with Gasteiger partial charge in [-0.15, -0.1) is 0 Å². The normalized spacial score (nSPS) is 13.7. The lowest BCUT2D eigenvalue weighted by Crippen LogP contribution is -2.32. The number of hydrogen-bond acceptors (Lipinski definition) is 6. The molecule has 3 aromatic rings. The monoisotopic (exact) mass is 517 g/mol. The standard InChI is InChI=1S/C27H28FN7O3/c1-19(16-31-26(34(2)18-36)32-21-7-5-6-20(28)14-21)24-9-8-23(17-30-24)38-22-10-11-29-25(15-22)33-27(37)35-12-3-4-13-35/h5-11,14-18H,3-4,12-13H2,1-2H3,(H,31,32)(H,29,33,37)/b19-16+. The van der Waals surface area contributed by atoms with Crippen LogP contribution in [0.5, 0.6) is 11.5 Å². The molecular weight excluding hydrogens is 489 g/mol. The van der Waals surface area contributed by atoms with Crippen molar-refractivity contribution in [2.24, 2.45) is 4.99 Å². The quantitative estimate of drug-likeness (QED) is 0.261. The molecule has 2 N–H and O–H groups in total. The number of amides is 3. The van der Waals surface area contributed by atoms with Gasteiger partial charge in [-0.2, -0.15) is 0 Å². The number of rotatable bonds is 7. The van der Waals surface area contributed by atoms with Gasteiger partial charge in [-0.05, 0) is 61.7 Å². The Morgan fingerprint density at radius 1 is 1.11 bits per heavy atom. The highest BCUT2D eigenvalue weighted by atomic mass is 19.1. The zero-order chi connectivity index (χ0) is 26.9. The predicted molar refractivity (Wildman–Crippen MR) is 143 cm³/mol. The van der Waals surface area contributed by atoms with Crippen LogP contribution in [0.25, 0.3) is 5.57 Å². The summed E-state index contributed by atoms with van der Waals surface area (Å²) in [6, 6.07) is 12.6. The number of urea groups is 1. The smallest absolute Gasteiger partial charge is 0.323 e. The van der Waals surface area contributed by atoms with E-state index in [0.717, 1.165) is 31.5 Å². The number of nitrogens with zero attached hydrogens (tertiary/aromatic N) is 5. The lowest BCUT2D eigenvalue weighted by atomic mass is 10.2. The Hall–Kier alpha value is -4.80. The second kappa shape index (κ2) is 12.4. The zero-order valence-electron chi connectivity index (χ0n) is 21.1. The van der Waals surface area contributed by atoms with Crippen LogP contribution in [0.2, 0.25) is 0 Å². The van der Waals surface area contributed by atoms with Crippen LogP contribution in [0.1, 0.15) is 25.5 Å². The summed E-state index contributed by atoms with van der Waals surface area (Å²) in [5.74, 6) is 1.23. The highest BCUT2D eigenvalue weighted by Gasteiger charge is 2.18. The van der Waals surface area contributed by atoms with Gasteiger partial charge in [0.15, 0.2) is 0 Å². The first kappa shape index (κ1) is 26.3. The fourth-order valence-electron chi connectivity index (χ4n) is 3.64. The minimum atomic E-state index is -0.406. The molecule has 0 atom stereocenters. The molecule has 0 bridgehead atoms. The van der Waals surface area contributed by atoms with E-state index in [-0.39, 0.29) is 12.0 Å². The zero-order valence-corrected chi connectivity index (χ0v) is 21.1. The minimum Gasteiger partial charge on any atom is -0.456 e. The lowest BCUT2D eigenvalue weighted by Gasteiger charge is -2.16. The minimum absolute atomic E-state index is 0.170. The number of likely N-dealkylation sites (tertiary alicyclic amines) is 1. The second-order valence-electron chi connectivity index (χ2n) is 8.60. The van der Waals surface area contributed by atoms with Gasteiger partial charge in [0.1, 0.15) is 23.1 Å². The van der Waals surface area contributed by atoms with Crippen molar-refractivity contribution in [3.05, 3.63) is 78.6 Å². The van der Waals surface area contributed by atoms with Crippen LogP contribution in [0.4, 0.5) is 20.7 Å². The molecule has 1 aliphatic heterocycles. The van der Waals surface area contributed by atoms with Crippen molar-refractivity contribution in [3.8, 4) is 11.5 Å². The number of anilines is 2. The molecule has 0 saturated carbocycles. The number of guanidine groups is 1. The van der Waals surface area contributed by atoms with Crippen molar-refractivity contribution in [1.82, 2.24) is 19.8 Å². The van der Waals surface area contributed by atoms with E-state index in [1.165, 1.54) is 24.1 Å². The summed E-state index contributed by atoms with van der Waals surface area (Å²) in [6.45, 7) is 3.32. The Morgan fingerprint density at radius 3 is 2.63 bits per heavy atom. The highest BCUT2D eigenvalue weighted by molar-refractivity contribution is 5.99. The van der Waals surface area contributed by atoms with E-state index in [0.29, 0.717) is 35.1 Å². The van der Waals surface area contributed by atoms with Gasteiger partial charge in [-0.25, -0.2) is 19.2 Å². The molecule has 1 aromatic carbocycles. The number of halogens is 1. The fourth-order valence-corrected chi connectivity index (χ4v) is 3.64. The van der Waals surface area contributed by atoms with E-state index in [1.807, 2.05) is 6.92 Å². The molecule has 0 unspecified atom stereocenters. The van der Waals surface area contributed by atoms with Crippen LogP contribution in [0.15, 0.2) is 72.1 Å². The van der Waals surface area contributed by atoms with Crippen molar-refractivity contribution in [2.45, 2.75) is 19.8 Å². The van der Waals surface area contributed by atoms with Gasteiger partial charge >= 0.3 is 6.03 Å². The lowest BCUT2D eigenvalue weighted by molar-refractivity contribution is -0.114. The SMILES string of the molecule is C/C(=C\N=C(Nc1cccc(F)c1)N(C)C=O)c1ccc(Oc2ccnc(NC(=O)N3CCCC3)c2)cn1. The number of carbonyl (C=O) groups excluding carboxylic acids is 2. The number of allylic oxidation sites excluding steroid dienone is 1. The third kappa shape index (κ3) is 7.12. The van der Waals surface area contributed by atoms with Crippen molar-refractivity contribution in [2.75, 3.05) is 30.8 Å². The number of aliphatic imine (C=N–C) groups is 1. The van der Waals surface area contributed by atoms with Crippen LogP contribution in [-0.2, 0) is 4.79 Å². The third-order valence-corrected chi connectivity index (χ3v) is 5.69. The molecule has 3 amide bonds. The average Bonchev–Trinajstić information content (AvgIpc) is 3.46. The Morgan fingerprint density at radius 2 is 1.92 bits per heavy atom. The van der Waals surface area contributed by atoms with Crippen LogP contribution in [0.3, 0.4) is 0 Å². The van der Waals surface area contributed by atoms with Gasteiger partial charge in [-0.1, -0.05) is 6.07 Å². The summed E-state index contributed by atoms with van der Waals surface area (Å²) in [5.41, 5.74) is 1.83. The maximum Gasteiger partial charge on any atom is 0.323 e. The molecular formula is C27H28FN7O3. The maximum absolute atomic E-state index is 13.5. The Kier molecular flexibility index (Phi) is 8.60. The molecule has 10 nitrogen and oxygen atoms in total. The van der Waals surface area contributed by atoms with Gasteiger partial charge in [0, 0.05) is 44.3 Å². The third-order valence-electron chi connectivity index (χ3n) is 5.69. The number of hydrogen-bond donors (Lipinski definition) is 2. The molecule has 1 fully saturated rings. The molecule has 1 saturated heterocycles. The second-order valence-corrected chi connectivity index (χ2v) is 8.60. The fraction of sp³-hybridized carbons (Fsp3) is 0.222. The summed E-state index contributed by atoms with van der Waals surface area (Å²) in [7, 11) is 1.54. The Labute approximate surface area is 219 Å². The summed E-state index contributed by atoms with van der Waals surface area (Å²) in [6.07, 6.45) is 7.31. The topological polar surface area (TPSA) is 112 Å². The Bertz CT molecular complexity index is 1340. The van der Waals surface area contributed by atoms with E-state index in [4.69, 9.17) is 4.74 Å². The number of aromatic nitrogens is 2. The molecule has 0 radical (unpaired) electrons. The molecule has 0 spiro atoms. The molecule has 0 aliphatic carbocycles. The summed E-state index contributed by atoms with van der Waals surface area (Å²) in [5, 5.41) is 5.73. The number of benzene rings is 1. The molecule has 11 heteroatoms. The van der Waals surface area contributed by atoms with Crippen molar-refractivity contribution < 1.29 is 18.7 Å².